The second-order valence-electron chi connectivity index (χ2n) is 7.27. The van der Waals surface area contributed by atoms with Crippen molar-refractivity contribution in [2.45, 2.75) is 46.1 Å². The lowest BCUT2D eigenvalue weighted by molar-refractivity contribution is -0.126. The van der Waals surface area contributed by atoms with Crippen molar-refractivity contribution in [3.63, 3.8) is 0 Å². The monoisotopic (exact) mass is 386 g/mol. The molecule has 0 unspecified atom stereocenters. The van der Waals surface area contributed by atoms with Crippen molar-refractivity contribution in [3.8, 4) is 0 Å². The van der Waals surface area contributed by atoms with Crippen molar-refractivity contribution in [3.05, 3.63) is 45.7 Å². The number of pyridine rings is 1. The van der Waals surface area contributed by atoms with Crippen LogP contribution >= 0.6 is 11.3 Å². The zero-order valence-electron chi connectivity index (χ0n) is 16.1. The number of aromatic nitrogens is 2. The zero-order valence-corrected chi connectivity index (χ0v) is 16.9. The number of likely N-dealkylation sites (tertiary alicyclic amines) is 1. The van der Waals surface area contributed by atoms with Crippen molar-refractivity contribution >= 4 is 23.2 Å². The quantitative estimate of drug-likeness (QED) is 0.857. The second kappa shape index (κ2) is 8.61. The smallest absolute Gasteiger partial charge is 0.265 e. The molecule has 2 aromatic heterocycles. The number of hydrogen-bond donors (Lipinski definition) is 1. The summed E-state index contributed by atoms with van der Waals surface area (Å²) in [5.41, 5.74) is 1.80. The van der Waals surface area contributed by atoms with Crippen LogP contribution in [0.1, 0.15) is 58.5 Å². The second-order valence-corrected chi connectivity index (χ2v) is 8.30. The van der Waals surface area contributed by atoms with Gasteiger partial charge in [-0.2, -0.15) is 0 Å². The lowest BCUT2D eigenvalue weighted by Crippen LogP contribution is -2.42. The first kappa shape index (κ1) is 19.5. The molecule has 0 radical (unpaired) electrons. The number of aryl methyl sites for hydroxylation is 1. The van der Waals surface area contributed by atoms with E-state index in [1.807, 2.05) is 24.0 Å². The zero-order chi connectivity index (χ0) is 19.4. The predicted molar refractivity (Wildman–Crippen MR) is 106 cm³/mol. The molecule has 0 spiro atoms. The summed E-state index contributed by atoms with van der Waals surface area (Å²) in [6.45, 7) is 7.78. The first-order valence-corrected chi connectivity index (χ1v) is 10.2. The van der Waals surface area contributed by atoms with E-state index in [0.29, 0.717) is 38.4 Å². The highest BCUT2D eigenvalue weighted by Gasteiger charge is 2.29. The molecule has 1 aliphatic rings. The van der Waals surface area contributed by atoms with Crippen LogP contribution in [-0.2, 0) is 11.3 Å². The molecule has 7 heteroatoms. The highest BCUT2D eigenvalue weighted by atomic mass is 32.1. The third-order valence-corrected chi connectivity index (χ3v) is 6.29. The van der Waals surface area contributed by atoms with Gasteiger partial charge in [-0.1, -0.05) is 19.9 Å². The lowest BCUT2D eigenvalue weighted by atomic mass is 9.95. The van der Waals surface area contributed by atoms with E-state index in [-0.39, 0.29) is 17.7 Å². The summed E-state index contributed by atoms with van der Waals surface area (Å²) in [6.07, 6.45) is 4.86. The molecule has 0 aromatic carbocycles. The molecular weight excluding hydrogens is 360 g/mol. The molecule has 6 nitrogen and oxygen atoms in total. The highest BCUT2D eigenvalue weighted by molar-refractivity contribution is 7.13. The number of nitrogens with zero attached hydrogens (tertiary/aromatic N) is 3. The Bertz CT molecular complexity index is 796. The molecule has 3 rings (SSSR count). The molecule has 144 valence electrons. The van der Waals surface area contributed by atoms with E-state index in [2.05, 4.69) is 29.1 Å². The van der Waals surface area contributed by atoms with E-state index in [0.717, 1.165) is 21.1 Å². The van der Waals surface area contributed by atoms with Gasteiger partial charge in [0.25, 0.3) is 5.91 Å². The molecule has 27 heavy (non-hydrogen) atoms. The maximum atomic E-state index is 12.8. The fourth-order valence-corrected chi connectivity index (χ4v) is 4.22. The van der Waals surface area contributed by atoms with Gasteiger partial charge in [0.05, 0.1) is 10.7 Å². The van der Waals surface area contributed by atoms with Crippen LogP contribution in [-0.4, -0.2) is 39.8 Å². The number of amides is 2. The molecule has 0 bridgehead atoms. The van der Waals surface area contributed by atoms with Gasteiger partial charge in [0.2, 0.25) is 5.91 Å². The number of thiazole rings is 1. The third kappa shape index (κ3) is 4.71. The summed E-state index contributed by atoms with van der Waals surface area (Å²) in [5, 5.41) is 3.98. The Balaban J connectivity index is 1.52. The molecule has 2 aromatic rings. The number of carbonyl (C=O) groups excluding carboxylic acids is 2. The molecule has 0 saturated carbocycles. The van der Waals surface area contributed by atoms with Crippen LogP contribution in [0.2, 0.25) is 0 Å². The van der Waals surface area contributed by atoms with Gasteiger partial charge in [0.15, 0.2) is 0 Å². The lowest BCUT2D eigenvalue weighted by Gasteiger charge is -2.31. The maximum absolute atomic E-state index is 12.8. The number of piperidine rings is 1. The fraction of sp³-hybridized carbons (Fsp3) is 0.500. The maximum Gasteiger partial charge on any atom is 0.265 e. The van der Waals surface area contributed by atoms with Crippen molar-refractivity contribution in [2.75, 3.05) is 13.1 Å². The first-order chi connectivity index (χ1) is 13.0. The Kier molecular flexibility index (Phi) is 6.21. The van der Waals surface area contributed by atoms with Gasteiger partial charge in [-0.05, 0) is 31.4 Å². The summed E-state index contributed by atoms with van der Waals surface area (Å²) in [7, 11) is 0. The first-order valence-electron chi connectivity index (χ1n) is 9.39. The Morgan fingerprint density at radius 1 is 1.33 bits per heavy atom. The summed E-state index contributed by atoms with van der Waals surface area (Å²) < 4.78 is 0. The van der Waals surface area contributed by atoms with Crippen molar-refractivity contribution in [1.29, 1.82) is 0 Å². The minimum Gasteiger partial charge on any atom is -0.352 e. The number of nitrogens with one attached hydrogen (secondary N) is 1. The van der Waals surface area contributed by atoms with Crippen LogP contribution in [0.25, 0.3) is 0 Å². The average Bonchev–Trinajstić information content (AvgIpc) is 3.08. The summed E-state index contributed by atoms with van der Waals surface area (Å²) in [5.74, 6) is 0.386. The minimum atomic E-state index is -0.0421. The number of hydrogen-bond acceptors (Lipinski definition) is 5. The standard InChI is InChI=1S/C20H26N4O2S/c1-13(2)19-23-14(3)17(27-19)20(26)24-9-6-16(7-10-24)18(25)22-12-15-5-4-8-21-11-15/h4-5,8,11,13,16H,6-7,9-10,12H2,1-3H3,(H,22,25). The van der Waals surface area contributed by atoms with E-state index in [1.165, 1.54) is 11.3 Å². The predicted octanol–water partition coefficient (Wildman–Crippen LogP) is 3.14. The van der Waals surface area contributed by atoms with Gasteiger partial charge in [-0.15, -0.1) is 11.3 Å². The molecule has 3 heterocycles. The fourth-order valence-electron chi connectivity index (χ4n) is 3.19. The van der Waals surface area contributed by atoms with Gasteiger partial charge in [-0.25, -0.2) is 4.98 Å². The Labute approximate surface area is 164 Å². The molecule has 2 amide bonds. The SMILES string of the molecule is Cc1nc(C(C)C)sc1C(=O)N1CCC(C(=O)NCc2cccnc2)CC1. The molecular formula is C20H26N4O2S. The molecule has 0 aliphatic carbocycles. The summed E-state index contributed by atoms with van der Waals surface area (Å²) >= 11 is 1.49. The Morgan fingerprint density at radius 3 is 2.67 bits per heavy atom. The van der Waals surface area contributed by atoms with Crippen LogP contribution in [0.15, 0.2) is 24.5 Å². The van der Waals surface area contributed by atoms with E-state index in [4.69, 9.17) is 0 Å². The summed E-state index contributed by atoms with van der Waals surface area (Å²) in [4.78, 5) is 36.4. The molecule has 1 aliphatic heterocycles. The largest absolute Gasteiger partial charge is 0.352 e. The molecule has 1 fully saturated rings. The van der Waals surface area contributed by atoms with Gasteiger partial charge >= 0.3 is 0 Å². The third-order valence-electron chi connectivity index (χ3n) is 4.84. The topological polar surface area (TPSA) is 75.2 Å². The van der Waals surface area contributed by atoms with Crippen molar-refractivity contribution in [2.24, 2.45) is 5.92 Å². The molecule has 0 atom stereocenters. The number of rotatable bonds is 5. The van der Waals surface area contributed by atoms with E-state index in [1.54, 1.807) is 12.4 Å². The number of carbonyl (C=O) groups is 2. The normalized spacial score (nSPS) is 15.2. The van der Waals surface area contributed by atoms with Gasteiger partial charge in [0, 0.05) is 43.9 Å². The Morgan fingerprint density at radius 2 is 2.07 bits per heavy atom. The van der Waals surface area contributed by atoms with Crippen molar-refractivity contribution in [1.82, 2.24) is 20.2 Å². The average molecular weight is 387 g/mol. The Hall–Kier alpha value is -2.28. The van der Waals surface area contributed by atoms with Crippen LogP contribution in [0, 0.1) is 12.8 Å². The van der Waals surface area contributed by atoms with Crippen LogP contribution in [0.5, 0.6) is 0 Å². The molecule has 1 N–H and O–H groups in total. The minimum absolute atomic E-state index is 0.0421. The highest BCUT2D eigenvalue weighted by Crippen LogP contribution is 2.27. The van der Waals surface area contributed by atoms with E-state index < -0.39 is 0 Å². The van der Waals surface area contributed by atoms with Gasteiger partial charge in [0.1, 0.15) is 4.88 Å². The molecule has 1 saturated heterocycles. The van der Waals surface area contributed by atoms with E-state index >= 15 is 0 Å². The summed E-state index contributed by atoms with van der Waals surface area (Å²) in [6, 6.07) is 3.80. The van der Waals surface area contributed by atoms with Crippen LogP contribution in [0.4, 0.5) is 0 Å². The van der Waals surface area contributed by atoms with E-state index in [9.17, 15) is 9.59 Å². The van der Waals surface area contributed by atoms with Crippen LogP contribution < -0.4 is 5.32 Å². The van der Waals surface area contributed by atoms with Crippen molar-refractivity contribution < 1.29 is 9.59 Å². The van der Waals surface area contributed by atoms with Gasteiger partial charge in [-0.3, -0.25) is 14.6 Å². The van der Waals surface area contributed by atoms with Gasteiger partial charge < -0.3 is 10.2 Å². The van der Waals surface area contributed by atoms with Crippen LogP contribution in [0.3, 0.4) is 0 Å².